The fourth-order valence-electron chi connectivity index (χ4n) is 4.75. The normalized spacial score (nSPS) is 15.1. The summed E-state index contributed by atoms with van der Waals surface area (Å²) in [6, 6.07) is 18.8. The van der Waals surface area contributed by atoms with Gasteiger partial charge in [-0.3, -0.25) is 4.79 Å². The lowest BCUT2D eigenvalue weighted by Gasteiger charge is -2.17. The van der Waals surface area contributed by atoms with Crippen LogP contribution in [0, 0.1) is 5.82 Å². The number of rotatable bonds is 9. The molecule has 1 unspecified atom stereocenters. The molecule has 4 rings (SSSR count). The minimum atomic E-state index is -0.268. The molecular weight excluding hydrogens is 455 g/mol. The molecule has 0 saturated carbocycles. The second-order valence-corrected chi connectivity index (χ2v) is 9.33. The third-order valence-corrected chi connectivity index (χ3v) is 6.46. The first-order valence-corrected chi connectivity index (χ1v) is 12.4. The molecule has 188 valence electrons. The lowest BCUT2D eigenvalue weighted by Crippen LogP contribution is -2.09. The van der Waals surface area contributed by atoms with Gasteiger partial charge < -0.3 is 14.2 Å². The maximum atomic E-state index is 14.5. The van der Waals surface area contributed by atoms with Crippen LogP contribution in [0.2, 0.25) is 0 Å². The van der Waals surface area contributed by atoms with E-state index in [0.717, 1.165) is 40.9 Å². The molecule has 3 aromatic rings. The highest BCUT2D eigenvalue weighted by molar-refractivity contribution is 5.71. The van der Waals surface area contributed by atoms with Crippen molar-refractivity contribution >= 4 is 5.97 Å². The third kappa shape index (κ3) is 5.96. The van der Waals surface area contributed by atoms with Gasteiger partial charge in [-0.05, 0) is 86.2 Å². The standard InChI is InChI=1S/C31H33FO4/c1-5-35-31(33)18-24(16-20(2)3)21-6-10-25(11-7-21)36-30-15-9-22-17-23(8-13-27(22)30)28-19-26(34-4)12-14-29(28)32/h6-8,10-14,16-17,19,24,30H,5,9,15,18H2,1-4H3/t24-,30?/m0/s1. The van der Waals surface area contributed by atoms with E-state index < -0.39 is 0 Å². The Labute approximate surface area is 212 Å². The predicted molar refractivity (Wildman–Crippen MR) is 140 cm³/mol. The zero-order chi connectivity index (χ0) is 25.7. The fourth-order valence-corrected chi connectivity index (χ4v) is 4.75. The van der Waals surface area contributed by atoms with Crippen molar-refractivity contribution in [1.82, 2.24) is 0 Å². The lowest BCUT2D eigenvalue weighted by molar-refractivity contribution is -0.143. The van der Waals surface area contributed by atoms with Crippen LogP contribution in [0.4, 0.5) is 4.39 Å². The van der Waals surface area contributed by atoms with Crippen molar-refractivity contribution in [1.29, 1.82) is 0 Å². The molecule has 0 radical (unpaired) electrons. The van der Waals surface area contributed by atoms with Crippen LogP contribution < -0.4 is 9.47 Å². The SMILES string of the molecule is CCOC(=O)C[C@H](C=C(C)C)c1ccc(OC2CCc3cc(-c4cc(OC)ccc4F)ccc32)cc1. The van der Waals surface area contributed by atoms with E-state index in [1.54, 1.807) is 19.2 Å². The Bertz CT molecular complexity index is 1240. The highest BCUT2D eigenvalue weighted by Gasteiger charge is 2.25. The summed E-state index contributed by atoms with van der Waals surface area (Å²) in [5.41, 5.74) is 5.88. The number of halogens is 1. The summed E-state index contributed by atoms with van der Waals surface area (Å²) in [7, 11) is 1.58. The number of esters is 1. The number of allylic oxidation sites excluding steroid dienone is 2. The topological polar surface area (TPSA) is 44.8 Å². The molecule has 2 atom stereocenters. The molecule has 1 aliphatic carbocycles. The Kier molecular flexibility index (Phi) is 8.09. The Hall–Kier alpha value is -3.60. The number of fused-ring (bicyclic) bond motifs is 1. The van der Waals surface area contributed by atoms with Crippen LogP contribution in [0.25, 0.3) is 11.1 Å². The quantitative estimate of drug-likeness (QED) is 0.230. The molecule has 0 aromatic heterocycles. The number of benzene rings is 3. The average Bonchev–Trinajstić information content (AvgIpc) is 3.26. The molecule has 0 N–H and O–H groups in total. The highest BCUT2D eigenvalue weighted by atomic mass is 19.1. The van der Waals surface area contributed by atoms with Crippen molar-refractivity contribution in [3.8, 4) is 22.6 Å². The second kappa shape index (κ2) is 11.4. The zero-order valence-electron chi connectivity index (χ0n) is 21.3. The number of methoxy groups -OCH3 is 1. The van der Waals surface area contributed by atoms with E-state index in [1.165, 1.54) is 11.6 Å². The Morgan fingerprint density at radius 3 is 2.50 bits per heavy atom. The van der Waals surface area contributed by atoms with Gasteiger partial charge in [-0.25, -0.2) is 4.39 Å². The smallest absolute Gasteiger partial charge is 0.306 e. The van der Waals surface area contributed by atoms with Crippen LogP contribution in [0.3, 0.4) is 0 Å². The van der Waals surface area contributed by atoms with Crippen molar-refractivity contribution < 1.29 is 23.4 Å². The van der Waals surface area contributed by atoms with Gasteiger partial charge in [-0.2, -0.15) is 0 Å². The summed E-state index contributed by atoms with van der Waals surface area (Å²) in [4.78, 5) is 12.1. The maximum Gasteiger partial charge on any atom is 0.306 e. The summed E-state index contributed by atoms with van der Waals surface area (Å²) in [5, 5.41) is 0. The summed E-state index contributed by atoms with van der Waals surface area (Å²) in [6.07, 6.45) is 4.10. The molecular formula is C31H33FO4. The molecule has 0 amide bonds. The Morgan fingerprint density at radius 2 is 1.81 bits per heavy atom. The lowest BCUT2D eigenvalue weighted by atomic mass is 9.93. The van der Waals surface area contributed by atoms with E-state index in [9.17, 15) is 9.18 Å². The second-order valence-electron chi connectivity index (χ2n) is 9.33. The van der Waals surface area contributed by atoms with E-state index in [4.69, 9.17) is 14.2 Å². The summed E-state index contributed by atoms with van der Waals surface area (Å²) in [6.45, 7) is 6.26. The average molecular weight is 489 g/mol. The molecule has 0 saturated heterocycles. The molecule has 36 heavy (non-hydrogen) atoms. The molecule has 4 nitrogen and oxygen atoms in total. The molecule has 0 spiro atoms. The van der Waals surface area contributed by atoms with Crippen molar-refractivity contribution in [3.05, 3.63) is 94.8 Å². The number of hydrogen-bond acceptors (Lipinski definition) is 4. The Morgan fingerprint density at radius 1 is 1.06 bits per heavy atom. The van der Waals surface area contributed by atoms with Crippen LogP contribution >= 0.6 is 0 Å². The van der Waals surface area contributed by atoms with Crippen LogP contribution in [0.5, 0.6) is 11.5 Å². The molecule has 3 aromatic carbocycles. The first-order valence-electron chi connectivity index (χ1n) is 12.4. The number of ether oxygens (including phenoxy) is 3. The van der Waals surface area contributed by atoms with Gasteiger partial charge in [0.2, 0.25) is 0 Å². The molecule has 0 bridgehead atoms. The van der Waals surface area contributed by atoms with E-state index >= 15 is 0 Å². The third-order valence-electron chi connectivity index (χ3n) is 6.46. The van der Waals surface area contributed by atoms with Gasteiger partial charge in [0.1, 0.15) is 23.4 Å². The molecule has 0 heterocycles. The molecule has 1 aliphatic rings. The van der Waals surface area contributed by atoms with Crippen molar-refractivity contribution in [3.63, 3.8) is 0 Å². The van der Waals surface area contributed by atoms with Gasteiger partial charge >= 0.3 is 5.97 Å². The van der Waals surface area contributed by atoms with Gasteiger partial charge in [0.05, 0.1) is 20.1 Å². The van der Waals surface area contributed by atoms with Crippen molar-refractivity contribution in [2.24, 2.45) is 0 Å². The minimum absolute atomic E-state index is 0.0364. The summed E-state index contributed by atoms with van der Waals surface area (Å²) in [5.74, 6) is 0.912. The maximum absolute atomic E-state index is 14.5. The minimum Gasteiger partial charge on any atom is -0.497 e. The van der Waals surface area contributed by atoms with Gasteiger partial charge in [-0.15, -0.1) is 0 Å². The number of carbonyl (C=O) groups excluding carboxylic acids is 1. The van der Waals surface area contributed by atoms with E-state index in [-0.39, 0.29) is 23.8 Å². The summed E-state index contributed by atoms with van der Waals surface area (Å²) >= 11 is 0. The molecule has 0 fully saturated rings. The first kappa shape index (κ1) is 25.5. The van der Waals surface area contributed by atoms with Gasteiger partial charge in [0, 0.05) is 11.5 Å². The van der Waals surface area contributed by atoms with Crippen molar-refractivity contribution in [2.45, 2.75) is 52.1 Å². The van der Waals surface area contributed by atoms with E-state index in [2.05, 4.69) is 12.1 Å². The van der Waals surface area contributed by atoms with Crippen LogP contribution in [0.15, 0.2) is 72.3 Å². The zero-order valence-corrected chi connectivity index (χ0v) is 21.3. The van der Waals surface area contributed by atoms with Gasteiger partial charge in [-0.1, -0.05) is 42.0 Å². The molecule has 5 heteroatoms. The van der Waals surface area contributed by atoms with Gasteiger partial charge in [0.15, 0.2) is 0 Å². The van der Waals surface area contributed by atoms with Crippen LogP contribution in [0.1, 0.15) is 62.3 Å². The van der Waals surface area contributed by atoms with Crippen LogP contribution in [-0.2, 0) is 16.0 Å². The number of carbonyl (C=O) groups is 1. The largest absolute Gasteiger partial charge is 0.497 e. The Balaban J connectivity index is 1.49. The summed E-state index contributed by atoms with van der Waals surface area (Å²) < 4.78 is 31.2. The van der Waals surface area contributed by atoms with Gasteiger partial charge in [0.25, 0.3) is 0 Å². The fraction of sp³-hybridized carbons (Fsp3) is 0.323. The number of aryl methyl sites for hydroxylation is 1. The van der Waals surface area contributed by atoms with Crippen molar-refractivity contribution in [2.75, 3.05) is 13.7 Å². The monoisotopic (exact) mass is 488 g/mol. The highest BCUT2D eigenvalue weighted by Crippen LogP contribution is 2.38. The van der Waals surface area contributed by atoms with E-state index in [0.29, 0.717) is 24.3 Å². The molecule has 0 aliphatic heterocycles. The first-order chi connectivity index (χ1) is 17.4. The number of hydrogen-bond donors (Lipinski definition) is 0. The van der Waals surface area contributed by atoms with Crippen LogP contribution in [-0.4, -0.2) is 19.7 Å². The predicted octanol–water partition coefficient (Wildman–Crippen LogP) is 7.57. The van der Waals surface area contributed by atoms with E-state index in [1.807, 2.05) is 57.2 Å².